The highest BCUT2D eigenvalue weighted by Gasteiger charge is 2.14. The Morgan fingerprint density at radius 3 is 1.50 bits per heavy atom. The van der Waals surface area contributed by atoms with Gasteiger partial charge >= 0.3 is 11.9 Å². The van der Waals surface area contributed by atoms with E-state index in [9.17, 15) is 9.59 Å². The molecule has 0 spiro atoms. The lowest BCUT2D eigenvalue weighted by Crippen LogP contribution is -2.18. The molecule has 1 N–H and O–H groups in total. The number of carbonyl (C=O) groups excluding carboxylic acids is 1. The van der Waals surface area contributed by atoms with Gasteiger partial charge in [-0.1, -0.05) is 153 Å². The van der Waals surface area contributed by atoms with E-state index in [0.717, 1.165) is 70.6 Å². The van der Waals surface area contributed by atoms with Crippen molar-refractivity contribution in [2.24, 2.45) is 0 Å². The fraction of sp³-hybridized carbons (Fsp3) is 0.800. The summed E-state index contributed by atoms with van der Waals surface area (Å²) in [5.41, 5.74) is 0. The average molecular weight is 617 g/mol. The summed E-state index contributed by atoms with van der Waals surface area (Å²) in [6, 6.07) is 0. The molecule has 0 aromatic rings. The van der Waals surface area contributed by atoms with Crippen molar-refractivity contribution in [2.45, 2.75) is 206 Å². The lowest BCUT2D eigenvalue weighted by molar-refractivity contribution is -0.150. The number of aliphatic carboxylic acids is 1. The van der Waals surface area contributed by atoms with Crippen molar-refractivity contribution in [3.8, 4) is 0 Å². The normalized spacial score (nSPS) is 12.6. The third-order valence-corrected chi connectivity index (χ3v) is 8.38. The van der Waals surface area contributed by atoms with Crippen LogP contribution in [0.25, 0.3) is 0 Å². The van der Waals surface area contributed by atoms with E-state index in [0.29, 0.717) is 12.8 Å². The zero-order valence-electron chi connectivity index (χ0n) is 29.2. The van der Waals surface area contributed by atoms with Gasteiger partial charge < -0.3 is 9.84 Å². The number of carbonyl (C=O) groups is 2. The largest absolute Gasteiger partial charge is 0.481 e. The summed E-state index contributed by atoms with van der Waals surface area (Å²) >= 11 is 0. The number of ether oxygens (including phenoxy) is 1. The Morgan fingerprint density at radius 1 is 0.523 bits per heavy atom. The average Bonchev–Trinajstić information content (AvgIpc) is 3.00. The van der Waals surface area contributed by atoms with E-state index < -0.39 is 5.97 Å². The number of esters is 1. The van der Waals surface area contributed by atoms with Gasteiger partial charge in [-0.2, -0.15) is 0 Å². The predicted molar refractivity (Wildman–Crippen MR) is 190 cm³/mol. The number of hydrogen-bond acceptors (Lipinski definition) is 3. The molecule has 0 radical (unpaired) electrons. The van der Waals surface area contributed by atoms with E-state index in [1.165, 1.54) is 96.3 Å². The fourth-order valence-electron chi connectivity index (χ4n) is 5.61. The minimum absolute atomic E-state index is 0.00512. The topological polar surface area (TPSA) is 63.6 Å². The van der Waals surface area contributed by atoms with Crippen molar-refractivity contribution in [1.82, 2.24) is 0 Å². The van der Waals surface area contributed by atoms with Gasteiger partial charge in [0.2, 0.25) is 0 Å². The lowest BCUT2D eigenvalue weighted by atomic mass is 10.0. The Kier molecular flexibility index (Phi) is 34.1. The zero-order chi connectivity index (χ0) is 32.2. The number of unbranched alkanes of at least 4 members (excludes halogenated alkanes) is 19. The summed E-state index contributed by atoms with van der Waals surface area (Å²) in [4.78, 5) is 23.4. The van der Waals surface area contributed by atoms with Gasteiger partial charge in [0.05, 0.1) is 0 Å². The fourth-order valence-corrected chi connectivity index (χ4v) is 5.61. The van der Waals surface area contributed by atoms with Crippen LogP contribution < -0.4 is 0 Å². The molecule has 0 amide bonds. The molecule has 0 fully saturated rings. The molecular formula is C40H72O4. The Hall–Kier alpha value is -1.84. The van der Waals surface area contributed by atoms with Gasteiger partial charge in [-0.05, 0) is 70.6 Å². The Balaban J connectivity index is 3.99. The highest BCUT2D eigenvalue weighted by Crippen LogP contribution is 2.18. The molecule has 0 rings (SSSR count). The van der Waals surface area contributed by atoms with E-state index >= 15 is 0 Å². The van der Waals surface area contributed by atoms with Crippen LogP contribution in [0.3, 0.4) is 0 Å². The molecule has 0 saturated carbocycles. The maximum absolute atomic E-state index is 12.6. The van der Waals surface area contributed by atoms with Crippen LogP contribution in [0.4, 0.5) is 0 Å². The van der Waals surface area contributed by atoms with Crippen LogP contribution in [0.2, 0.25) is 0 Å². The Labute approximate surface area is 273 Å². The first-order valence-corrected chi connectivity index (χ1v) is 19.0. The van der Waals surface area contributed by atoms with Crippen LogP contribution in [0.15, 0.2) is 36.5 Å². The molecule has 4 nitrogen and oxygen atoms in total. The van der Waals surface area contributed by atoms with Gasteiger partial charge in [0.1, 0.15) is 6.10 Å². The van der Waals surface area contributed by atoms with E-state index in [2.05, 4.69) is 50.3 Å². The van der Waals surface area contributed by atoms with E-state index in [1.54, 1.807) is 0 Å². The summed E-state index contributed by atoms with van der Waals surface area (Å²) in [6.45, 7) is 4.43. The number of hydrogen-bond donors (Lipinski definition) is 1. The van der Waals surface area contributed by atoms with E-state index in [-0.39, 0.29) is 18.5 Å². The van der Waals surface area contributed by atoms with Gasteiger partial charge in [0.15, 0.2) is 0 Å². The van der Waals surface area contributed by atoms with Gasteiger partial charge in [0, 0.05) is 12.8 Å². The first-order chi connectivity index (χ1) is 21.6. The molecule has 0 heterocycles. The summed E-state index contributed by atoms with van der Waals surface area (Å²) in [5.74, 6) is -0.771. The summed E-state index contributed by atoms with van der Waals surface area (Å²) in [6.07, 6.45) is 45.8. The predicted octanol–water partition coefficient (Wildman–Crippen LogP) is 13.0. The Morgan fingerprint density at radius 2 is 0.955 bits per heavy atom. The van der Waals surface area contributed by atoms with Crippen LogP contribution in [0.5, 0.6) is 0 Å². The molecular weight excluding hydrogens is 544 g/mol. The van der Waals surface area contributed by atoms with E-state index in [1.807, 2.05) is 0 Å². The SMILES string of the molecule is CC/C=C\C/C=C\C/C=C\CCCCCCCC(=O)OC(CCCCCCCCCCCCCCC)CCCCCC(=O)O. The maximum Gasteiger partial charge on any atom is 0.306 e. The van der Waals surface area contributed by atoms with Crippen LogP contribution in [0, 0.1) is 0 Å². The number of rotatable bonds is 34. The minimum atomic E-state index is -0.726. The Bertz CT molecular complexity index is 708. The monoisotopic (exact) mass is 617 g/mol. The second-order valence-corrected chi connectivity index (χ2v) is 12.7. The third-order valence-electron chi connectivity index (χ3n) is 8.38. The number of carboxylic acids is 1. The van der Waals surface area contributed by atoms with Crippen molar-refractivity contribution in [2.75, 3.05) is 0 Å². The van der Waals surface area contributed by atoms with Crippen LogP contribution in [0.1, 0.15) is 200 Å². The van der Waals surface area contributed by atoms with Crippen molar-refractivity contribution in [3.63, 3.8) is 0 Å². The maximum atomic E-state index is 12.6. The molecule has 0 aliphatic rings. The zero-order valence-corrected chi connectivity index (χ0v) is 29.2. The van der Waals surface area contributed by atoms with Crippen LogP contribution in [-0.4, -0.2) is 23.1 Å². The highest BCUT2D eigenvalue weighted by molar-refractivity contribution is 5.69. The van der Waals surface area contributed by atoms with Gasteiger partial charge in [-0.15, -0.1) is 0 Å². The molecule has 1 atom stereocenters. The molecule has 0 aromatic heterocycles. The van der Waals surface area contributed by atoms with Gasteiger partial charge in [-0.25, -0.2) is 0 Å². The molecule has 0 aliphatic carbocycles. The molecule has 0 aliphatic heterocycles. The molecule has 0 saturated heterocycles. The molecule has 44 heavy (non-hydrogen) atoms. The lowest BCUT2D eigenvalue weighted by Gasteiger charge is -2.18. The second kappa shape index (κ2) is 35.6. The quantitative estimate of drug-likeness (QED) is 0.0444. The molecule has 4 heteroatoms. The number of carboxylic acid groups (broad SMARTS) is 1. The van der Waals surface area contributed by atoms with Crippen molar-refractivity contribution < 1.29 is 19.4 Å². The molecule has 0 bridgehead atoms. The van der Waals surface area contributed by atoms with Crippen molar-refractivity contribution in [3.05, 3.63) is 36.5 Å². The third kappa shape index (κ3) is 34.6. The smallest absolute Gasteiger partial charge is 0.306 e. The van der Waals surface area contributed by atoms with Gasteiger partial charge in [-0.3, -0.25) is 9.59 Å². The molecule has 256 valence electrons. The van der Waals surface area contributed by atoms with Crippen LogP contribution >= 0.6 is 0 Å². The summed E-state index contributed by atoms with van der Waals surface area (Å²) < 4.78 is 5.93. The van der Waals surface area contributed by atoms with Gasteiger partial charge in [0.25, 0.3) is 0 Å². The second-order valence-electron chi connectivity index (χ2n) is 12.7. The van der Waals surface area contributed by atoms with Crippen LogP contribution in [-0.2, 0) is 14.3 Å². The molecule has 1 unspecified atom stereocenters. The standard InChI is InChI=1S/C40H72O4/c1-3-5-7-9-11-13-15-17-18-20-22-24-26-28-33-37-40(43)44-38(35-31-29-32-36-39(41)42)34-30-27-25-23-21-19-16-14-12-10-8-6-4-2/h5,7,11,13,17-18,38H,3-4,6,8-10,12,14-16,19-37H2,1-2H3,(H,41,42)/b7-5-,13-11-,18-17-. The summed E-state index contributed by atoms with van der Waals surface area (Å²) in [7, 11) is 0. The van der Waals surface area contributed by atoms with Crippen molar-refractivity contribution in [1.29, 1.82) is 0 Å². The van der Waals surface area contributed by atoms with E-state index in [4.69, 9.17) is 9.84 Å². The molecule has 0 aromatic carbocycles. The first kappa shape index (κ1) is 42.2. The van der Waals surface area contributed by atoms with Crippen molar-refractivity contribution >= 4 is 11.9 Å². The highest BCUT2D eigenvalue weighted by atomic mass is 16.5. The minimum Gasteiger partial charge on any atom is -0.481 e. The first-order valence-electron chi connectivity index (χ1n) is 19.0. The summed E-state index contributed by atoms with van der Waals surface area (Å²) in [5, 5.41) is 8.88. The number of allylic oxidation sites excluding steroid dienone is 6.